The van der Waals surface area contributed by atoms with Crippen molar-refractivity contribution in [1.82, 2.24) is 50.8 Å². The zero-order valence-electron chi connectivity index (χ0n) is 23.1. The molecule has 3 aromatic heterocycles. The van der Waals surface area contributed by atoms with Crippen LogP contribution < -0.4 is 10.6 Å². The number of tetrazole rings is 1. The molecule has 2 aromatic carbocycles. The Hall–Kier alpha value is -5.45. The number of halogens is 2. The number of H-pyrrole nitrogens is 1. The lowest BCUT2D eigenvalue weighted by molar-refractivity contribution is -0.122. The number of aromatic nitrogens is 8. The minimum absolute atomic E-state index is 0.150. The van der Waals surface area contributed by atoms with Gasteiger partial charge in [-0.1, -0.05) is 35.3 Å². The number of carbonyl (C=O) groups excluding carboxylic acids is 2. The number of imidazole rings is 1. The molecule has 0 aliphatic heterocycles. The maximum Gasteiger partial charge on any atom is 0.244 e. The first kappa shape index (κ1) is 30.0. The third-order valence-electron chi connectivity index (χ3n) is 6.30. The number of hydrogen-bond acceptors (Lipinski definition) is 9. The topological polar surface area (TPSA) is 180 Å². The highest BCUT2D eigenvalue weighted by Gasteiger charge is 2.23. The molecule has 1 unspecified atom stereocenters. The summed E-state index contributed by atoms with van der Waals surface area (Å²) in [6.07, 6.45) is 7.31. The van der Waals surface area contributed by atoms with Crippen molar-refractivity contribution in [3.05, 3.63) is 106 Å². The SMILES string of the molecule is Cc1cnc(CNC(=O)CC(NC(=O)C=Cc2cc(Cl)ccc2-n2cnnn2)c2nc(-c3ccc(C#N)cc3)c(Cl)[nH]2)cn1. The van der Waals surface area contributed by atoms with Crippen molar-refractivity contribution in [2.24, 2.45) is 0 Å². The summed E-state index contributed by atoms with van der Waals surface area (Å²) in [7, 11) is 0. The van der Waals surface area contributed by atoms with Crippen LogP contribution in [0.3, 0.4) is 0 Å². The highest BCUT2D eigenvalue weighted by Crippen LogP contribution is 2.29. The number of nitrogens with zero attached hydrogens (tertiary/aromatic N) is 8. The van der Waals surface area contributed by atoms with Crippen molar-refractivity contribution >= 4 is 41.1 Å². The number of amides is 2. The molecule has 5 aromatic rings. The van der Waals surface area contributed by atoms with Crippen molar-refractivity contribution in [2.75, 3.05) is 0 Å². The molecule has 3 N–H and O–H groups in total. The largest absolute Gasteiger partial charge is 0.350 e. The van der Waals surface area contributed by atoms with Gasteiger partial charge in [0.15, 0.2) is 0 Å². The fourth-order valence-electron chi connectivity index (χ4n) is 4.13. The van der Waals surface area contributed by atoms with E-state index in [1.54, 1.807) is 60.9 Å². The van der Waals surface area contributed by atoms with E-state index in [9.17, 15) is 9.59 Å². The van der Waals surface area contributed by atoms with E-state index in [4.69, 9.17) is 28.5 Å². The number of nitriles is 1. The monoisotopic (exact) mass is 627 g/mol. The van der Waals surface area contributed by atoms with Gasteiger partial charge in [-0.25, -0.2) is 4.98 Å². The third-order valence-corrected chi connectivity index (χ3v) is 6.81. The first-order valence-corrected chi connectivity index (χ1v) is 13.9. The molecule has 2 amide bonds. The van der Waals surface area contributed by atoms with Crippen molar-refractivity contribution in [3.63, 3.8) is 0 Å². The minimum Gasteiger partial charge on any atom is -0.350 e. The van der Waals surface area contributed by atoms with Crippen LogP contribution in [-0.4, -0.2) is 52.0 Å². The zero-order valence-corrected chi connectivity index (χ0v) is 24.6. The lowest BCUT2D eigenvalue weighted by Crippen LogP contribution is -2.33. The van der Waals surface area contributed by atoms with E-state index in [1.165, 1.54) is 17.1 Å². The van der Waals surface area contributed by atoms with Gasteiger partial charge >= 0.3 is 0 Å². The predicted molar refractivity (Wildman–Crippen MR) is 161 cm³/mol. The molecule has 0 aliphatic rings. The van der Waals surface area contributed by atoms with Gasteiger partial charge in [-0.05, 0) is 53.8 Å². The van der Waals surface area contributed by atoms with E-state index in [0.29, 0.717) is 38.8 Å². The van der Waals surface area contributed by atoms with E-state index < -0.39 is 11.9 Å². The van der Waals surface area contributed by atoms with Crippen LogP contribution >= 0.6 is 23.2 Å². The average molecular weight is 628 g/mol. The van der Waals surface area contributed by atoms with Crippen LogP contribution in [0.1, 0.15) is 40.8 Å². The molecule has 1 atom stereocenters. The van der Waals surface area contributed by atoms with Crippen LogP contribution in [0, 0.1) is 18.3 Å². The fraction of sp³-hybridized carbons (Fsp3) is 0.138. The maximum absolute atomic E-state index is 13.2. The van der Waals surface area contributed by atoms with Crippen LogP contribution in [0.5, 0.6) is 0 Å². The molecule has 0 aliphatic carbocycles. The molecule has 0 saturated heterocycles. The Bertz CT molecular complexity index is 1850. The molecule has 0 saturated carbocycles. The third kappa shape index (κ3) is 7.49. The molecular weight excluding hydrogens is 605 g/mol. The lowest BCUT2D eigenvalue weighted by Gasteiger charge is -2.16. The first-order chi connectivity index (χ1) is 21.3. The number of benzene rings is 2. The summed E-state index contributed by atoms with van der Waals surface area (Å²) in [6.45, 7) is 1.97. The highest BCUT2D eigenvalue weighted by atomic mass is 35.5. The molecule has 0 bridgehead atoms. The molecule has 0 spiro atoms. The number of nitrogens with one attached hydrogen (secondary N) is 3. The minimum atomic E-state index is -0.890. The van der Waals surface area contributed by atoms with Crippen LogP contribution in [-0.2, 0) is 16.1 Å². The Morgan fingerprint density at radius 2 is 1.95 bits per heavy atom. The average Bonchev–Trinajstić information content (AvgIpc) is 3.70. The summed E-state index contributed by atoms with van der Waals surface area (Å²) in [6, 6.07) is 12.9. The molecular formula is C29H23Cl2N11O2. The van der Waals surface area contributed by atoms with Crippen molar-refractivity contribution in [3.8, 4) is 23.0 Å². The number of carbonyl (C=O) groups is 2. The van der Waals surface area contributed by atoms with Crippen molar-refractivity contribution in [2.45, 2.75) is 25.9 Å². The summed E-state index contributed by atoms with van der Waals surface area (Å²) in [4.78, 5) is 42.2. The standard InChI is InChI=1S/C29H23Cl2N11O2/c1-17-13-34-22(14-33-17)15-35-26(44)11-23(29-38-27(28(31)39-29)19-4-2-18(12-32)3-5-19)37-25(43)9-6-20-10-21(30)7-8-24(20)42-16-36-40-41-42/h2-10,13-14,16,23H,11,15H2,1H3,(H,35,44)(H,37,43)(H,38,39). The van der Waals surface area contributed by atoms with Gasteiger partial charge in [-0.15, -0.1) is 5.10 Å². The Balaban J connectivity index is 1.37. The molecule has 0 radical (unpaired) electrons. The van der Waals surface area contributed by atoms with Crippen LogP contribution in [0.15, 0.2) is 67.3 Å². The smallest absolute Gasteiger partial charge is 0.244 e. The van der Waals surface area contributed by atoms with Gasteiger partial charge in [0.25, 0.3) is 0 Å². The summed E-state index contributed by atoms with van der Waals surface area (Å²) >= 11 is 12.7. The maximum atomic E-state index is 13.2. The molecule has 13 nitrogen and oxygen atoms in total. The molecule has 220 valence electrons. The summed E-state index contributed by atoms with van der Waals surface area (Å²) in [5.74, 6) is -0.620. The van der Waals surface area contributed by atoms with Gasteiger partial charge in [0.2, 0.25) is 11.8 Å². The van der Waals surface area contributed by atoms with Gasteiger partial charge in [0, 0.05) is 28.4 Å². The normalized spacial score (nSPS) is 11.7. The zero-order chi connectivity index (χ0) is 31.1. The second kappa shape index (κ2) is 13.7. The van der Waals surface area contributed by atoms with Gasteiger partial charge in [0.05, 0.1) is 53.9 Å². The van der Waals surface area contributed by atoms with E-state index in [1.807, 2.05) is 6.92 Å². The summed E-state index contributed by atoms with van der Waals surface area (Å²) in [5.41, 5.74) is 4.06. The van der Waals surface area contributed by atoms with Gasteiger partial charge < -0.3 is 15.6 Å². The lowest BCUT2D eigenvalue weighted by atomic mass is 10.1. The highest BCUT2D eigenvalue weighted by molar-refractivity contribution is 6.32. The van der Waals surface area contributed by atoms with Crippen LogP contribution in [0.2, 0.25) is 10.2 Å². The second-order valence-electron chi connectivity index (χ2n) is 9.46. The second-order valence-corrected chi connectivity index (χ2v) is 10.3. The number of rotatable bonds is 10. The molecule has 44 heavy (non-hydrogen) atoms. The molecule has 15 heteroatoms. The Morgan fingerprint density at radius 3 is 2.66 bits per heavy atom. The van der Waals surface area contributed by atoms with Gasteiger partial charge in [-0.2, -0.15) is 9.94 Å². The first-order valence-electron chi connectivity index (χ1n) is 13.1. The van der Waals surface area contributed by atoms with Gasteiger partial charge in [-0.3, -0.25) is 19.6 Å². The molecule has 5 rings (SSSR count). The van der Waals surface area contributed by atoms with Crippen LogP contribution in [0.25, 0.3) is 23.0 Å². The Kier molecular flexibility index (Phi) is 9.34. The quantitative estimate of drug-likeness (QED) is 0.193. The van der Waals surface area contributed by atoms with E-state index in [-0.39, 0.29) is 29.9 Å². The number of aryl methyl sites for hydroxylation is 1. The molecule has 3 heterocycles. The summed E-state index contributed by atoms with van der Waals surface area (Å²) < 4.78 is 1.44. The summed E-state index contributed by atoms with van der Waals surface area (Å²) in [5, 5.41) is 26.6. The predicted octanol–water partition coefficient (Wildman–Crippen LogP) is 3.91. The Morgan fingerprint density at radius 1 is 1.14 bits per heavy atom. The Labute approximate surface area is 261 Å². The van der Waals surface area contributed by atoms with Gasteiger partial charge in [0.1, 0.15) is 23.0 Å². The van der Waals surface area contributed by atoms with E-state index in [2.05, 4.69) is 52.2 Å². The fourth-order valence-corrected chi connectivity index (χ4v) is 4.55. The number of hydrogen-bond donors (Lipinski definition) is 3. The van der Waals surface area contributed by atoms with Crippen LogP contribution in [0.4, 0.5) is 0 Å². The van der Waals surface area contributed by atoms with E-state index >= 15 is 0 Å². The van der Waals surface area contributed by atoms with E-state index in [0.717, 1.165) is 5.69 Å². The number of aromatic amines is 1. The van der Waals surface area contributed by atoms with Crippen molar-refractivity contribution in [1.29, 1.82) is 5.26 Å². The van der Waals surface area contributed by atoms with Crippen molar-refractivity contribution < 1.29 is 9.59 Å². The molecule has 0 fully saturated rings.